The van der Waals surface area contributed by atoms with E-state index in [9.17, 15) is 0 Å². The normalized spacial score (nSPS) is 15.8. The number of hydrogen-bond donors (Lipinski definition) is 0. The molecular formula is C11H13ClO. The van der Waals surface area contributed by atoms with Crippen LogP contribution < -0.4 is 4.74 Å². The van der Waals surface area contributed by atoms with Crippen molar-refractivity contribution in [2.75, 3.05) is 7.11 Å². The third-order valence-electron chi connectivity index (χ3n) is 2.51. The molecule has 1 aliphatic rings. The summed E-state index contributed by atoms with van der Waals surface area (Å²) < 4.78 is 5.19. The number of benzene rings is 1. The fraction of sp³-hybridized carbons (Fsp3) is 0.455. The van der Waals surface area contributed by atoms with Gasteiger partial charge in [-0.25, -0.2) is 0 Å². The minimum absolute atomic E-state index is 0.607. The summed E-state index contributed by atoms with van der Waals surface area (Å²) in [5, 5.41) is 0. The molecule has 0 saturated heterocycles. The van der Waals surface area contributed by atoms with Crippen LogP contribution >= 0.6 is 11.6 Å². The fourth-order valence-corrected chi connectivity index (χ4v) is 1.84. The average molecular weight is 197 g/mol. The monoisotopic (exact) mass is 196 g/mol. The van der Waals surface area contributed by atoms with E-state index in [1.165, 1.54) is 24.0 Å². The Labute approximate surface area is 83.7 Å². The molecule has 1 saturated carbocycles. The third kappa shape index (κ3) is 1.80. The Hall–Kier alpha value is -0.690. The lowest BCUT2D eigenvalue weighted by Crippen LogP contribution is -1.91. The highest BCUT2D eigenvalue weighted by Crippen LogP contribution is 2.43. The lowest BCUT2D eigenvalue weighted by Gasteiger charge is -2.07. The molecule has 0 N–H and O–H groups in total. The SMILES string of the molecule is COc1ccc(CCl)c(C2CC2)c1. The zero-order valence-corrected chi connectivity index (χ0v) is 8.47. The molecular weight excluding hydrogens is 184 g/mol. The molecule has 70 valence electrons. The molecule has 0 unspecified atom stereocenters. The van der Waals surface area contributed by atoms with Crippen LogP contribution in [-0.2, 0) is 5.88 Å². The topological polar surface area (TPSA) is 9.23 Å². The van der Waals surface area contributed by atoms with E-state index >= 15 is 0 Å². The van der Waals surface area contributed by atoms with Gasteiger partial charge in [-0.15, -0.1) is 11.6 Å². The first-order valence-electron chi connectivity index (χ1n) is 4.58. The summed E-state index contributed by atoms with van der Waals surface area (Å²) in [5.74, 6) is 2.29. The average Bonchev–Trinajstić information content (AvgIpc) is 3.00. The molecule has 0 aliphatic heterocycles. The summed E-state index contributed by atoms with van der Waals surface area (Å²) in [4.78, 5) is 0. The van der Waals surface area contributed by atoms with E-state index in [0.29, 0.717) is 5.88 Å². The summed E-state index contributed by atoms with van der Waals surface area (Å²) in [6, 6.07) is 6.17. The van der Waals surface area contributed by atoms with Crippen molar-refractivity contribution >= 4 is 11.6 Å². The number of alkyl halides is 1. The van der Waals surface area contributed by atoms with Gasteiger partial charge in [0, 0.05) is 5.88 Å². The van der Waals surface area contributed by atoms with Gasteiger partial charge in [-0.3, -0.25) is 0 Å². The van der Waals surface area contributed by atoms with Crippen molar-refractivity contribution in [2.45, 2.75) is 24.6 Å². The van der Waals surface area contributed by atoms with E-state index in [1.54, 1.807) is 7.11 Å². The second kappa shape index (κ2) is 3.59. The molecule has 1 aromatic rings. The fourth-order valence-electron chi connectivity index (χ4n) is 1.60. The third-order valence-corrected chi connectivity index (χ3v) is 2.80. The van der Waals surface area contributed by atoms with Crippen molar-refractivity contribution in [1.29, 1.82) is 0 Å². The van der Waals surface area contributed by atoms with Crippen molar-refractivity contribution in [2.24, 2.45) is 0 Å². The number of halogens is 1. The van der Waals surface area contributed by atoms with Crippen LogP contribution in [0.1, 0.15) is 29.9 Å². The maximum absolute atomic E-state index is 5.86. The molecule has 0 atom stereocenters. The van der Waals surface area contributed by atoms with Crippen LogP contribution in [0, 0.1) is 0 Å². The van der Waals surface area contributed by atoms with Gasteiger partial charge in [-0.2, -0.15) is 0 Å². The first kappa shape index (κ1) is 8.89. The van der Waals surface area contributed by atoms with Gasteiger partial charge in [-0.1, -0.05) is 6.07 Å². The highest BCUT2D eigenvalue weighted by atomic mass is 35.5. The molecule has 0 heterocycles. The van der Waals surface area contributed by atoms with Gasteiger partial charge in [0.15, 0.2) is 0 Å². The molecule has 0 bridgehead atoms. The van der Waals surface area contributed by atoms with Gasteiger partial charge in [-0.05, 0) is 42.0 Å². The summed E-state index contributed by atoms with van der Waals surface area (Å²) in [6.45, 7) is 0. The van der Waals surface area contributed by atoms with Crippen LogP contribution in [-0.4, -0.2) is 7.11 Å². The van der Waals surface area contributed by atoms with E-state index in [4.69, 9.17) is 16.3 Å². The van der Waals surface area contributed by atoms with Crippen LogP contribution in [0.4, 0.5) is 0 Å². The molecule has 1 aromatic carbocycles. The number of hydrogen-bond acceptors (Lipinski definition) is 1. The van der Waals surface area contributed by atoms with Crippen LogP contribution in [0.2, 0.25) is 0 Å². The second-order valence-corrected chi connectivity index (χ2v) is 3.74. The van der Waals surface area contributed by atoms with Gasteiger partial charge >= 0.3 is 0 Å². The Bertz CT molecular complexity index is 305. The Morgan fingerprint density at radius 2 is 2.23 bits per heavy atom. The van der Waals surface area contributed by atoms with E-state index in [1.807, 2.05) is 6.07 Å². The van der Waals surface area contributed by atoms with E-state index in [2.05, 4.69) is 12.1 Å². The maximum Gasteiger partial charge on any atom is 0.119 e. The first-order chi connectivity index (χ1) is 6.35. The minimum atomic E-state index is 0.607. The van der Waals surface area contributed by atoms with Gasteiger partial charge < -0.3 is 4.74 Å². The van der Waals surface area contributed by atoms with Crippen molar-refractivity contribution in [1.82, 2.24) is 0 Å². The highest BCUT2D eigenvalue weighted by molar-refractivity contribution is 6.17. The summed E-state index contributed by atoms with van der Waals surface area (Å²) >= 11 is 5.86. The molecule has 2 rings (SSSR count). The lowest BCUT2D eigenvalue weighted by atomic mass is 10.0. The van der Waals surface area contributed by atoms with Gasteiger partial charge in [0.2, 0.25) is 0 Å². The van der Waals surface area contributed by atoms with E-state index < -0.39 is 0 Å². The quantitative estimate of drug-likeness (QED) is 0.674. The maximum atomic E-state index is 5.86. The molecule has 0 spiro atoms. The summed E-state index contributed by atoms with van der Waals surface area (Å²) in [5.41, 5.74) is 2.64. The number of ether oxygens (including phenoxy) is 1. The van der Waals surface area contributed by atoms with Crippen molar-refractivity contribution in [3.63, 3.8) is 0 Å². The van der Waals surface area contributed by atoms with Crippen LogP contribution in [0.25, 0.3) is 0 Å². The molecule has 13 heavy (non-hydrogen) atoms. The minimum Gasteiger partial charge on any atom is -0.497 e. The highest BCUT2D eigenvalue weighted by Gasteiger charge is 2.25. The molecule has 1 fully saturated rings. The predicted octanol–water partition coefficient (Wildman–Crippen LogP) is 3.31. The smallest absolute Gasteiger partial charge is 0.119 e. The lowest BCUT2D eigenvalue weighted by molar-refractivity contribution is 0.414. The van der Waals surface area contributed by atoms with Crippen molar-refractivity contribution in [3.8, 4) is 5.75 Å². The zero-order chi connectivity index (χ0) is 9.26. The largest absolute Gasteiger partial charge is 0.497 e. The summed E-state index contributed by atoms with van der Waals surface area (Å²) in [7, 11) is 1.70. The summed E-state index contributed by atoms with van der Waals surface area (Å²) in [6.07, 6.45) is 2.61. The predicted molar refractivity (Wildman–Crippen MR) is 54.5 cm³/mol. The Balaban J connectivity index is 2.35. The van der Waals surface area contributed by atoms with Crippen molar-refractivity contribution < 1.29 is 4.74 Å². The molecule has 0 amide bonds. The zero-order valence-electron chi connectivity index (χ0n) is 7.72. The van der Waals surface area contributed by atoms with E-state index in [-0.39, 0.29) is 0 Å². The first-order valence-corrected chi connectivity index (χ1v) is 5.11. The van der Waals surface area contributed by atoms with Crippen LogP contribution in [0.5, 0.6) is 5.75 Å². The van der Waals surface area contributed by atoms with E-state index in [0.717, 1.165) is 11.7 Å². The molecule has 2 heteroatoms. The van der Waals surface area contributed by atoms with Gasteiger partial charge in [0.25, 0.3) is 0 Å². The molecule has 1 nitrogen and oxygen atoms in total. The van der Waals surface area contributed by atoms with Crippen LogP contribution in [0.3, 0.4) is 0 Å². The molecule has 1 aliphatic carbocycles. The van der Waals surface area contributed by atoms with Crippen LogP contribution in [0.15, 0.2) is 18.2 Å². The van der Waals surface area contributed by atoms with Gasteiger partial charge in [0.05, 0.1) is 7.11 Å². The molecule has 0 aromatic heterocycles. The van der Waals surface area contributed by atoms with Gasteiger partial charge in [0.1, 0.15) is 5.75 Å². The second-order valence-electron chi connectivity index (χ2n) is 3.47. The Morgan fingerprint density at radius 1 is 1.46 bits per heavy atom. The molecule has 0 radical (unpaired) electrons. The Kier molecular flexibility index (Phi) is 2.45. The van der Waals surface area contributed by atoms with Crippen molar-refractivity contribution in [3.05, 3.63) is 29.3 Å². The Morgan fingerprint density at radius 3 is 2.77 bits per heavy atom. The standard InChI is InChI=1S/C11H13ClO/c1-13-10-5-4-9(7-12)11(6-10)8-2-3-8/h4-6,8H,2-3,7H2,1H3. The number of methoxy groups -OCH3 is 1. The number of rotatable bonds is 3.